The molecule has 0 unspecified atom stereocenters. The fraction of sp³-hybridized carbons (Fsp3) is 0.0667. The highest BCUT2D eigenvalue weighted by molar-refractivity contribution is 7.98. The lowest BCUT2D eigenvalue weighted by Gasteiger charge is -2.10. The molecule has 6 nitrogen and oxygen atoms in total. The van der Waals surface area contributed by atoms with E-state index in [4.69, 9.17) is 5.73 Å². The van der Waals surface area contributed by atoms with Gasteiger partial charge in [0.05, 0.1) is 11.2 Å². The molecule has 8 heteroatoms. The van der Waals surface area contributed by atoms with Crippen molar-refractivity contribution < 1.29 is 4.79 Å². The lowest BCUT2D eigenvalue weighted by molar-refractivity contribution is 0.100. The van der Waals surface area contributed by atoms with Crippen molar-refractivity contribution in [3.8, 4) is 11.3 Å². The number of carbonyl (C=O) groups is 1. The van der Waals surface area contributed by atoms with Crippen LogP contribution in [0.3, 0.4) is 0 Å². The molecule has 3 rings (SSSR count). The van der Waals surface area contributed by atoms with Gasteiger partial charge in [0.1, 0.15) is 11.4 Å². The Morgan fingerprint density at radius 3 is 2.91 bits per heavy atom. The molecule has 0 aliphatic rings. The maximum absolute atomic E-state index is 11.6. The van der Waals surface area contributed by atoms with E-state index in [1.54, 1.807) is 5.51 Å². The highest BCUT2D eigenvalue weighted by atomic mass is 32.2. The highest BCUT2D eigenvalue weighted by Gasteiger charge is 2.12. The number of aromatic nitrogens is 3. The third kappa shape index (κ3) is 3.49. The van der Waals surface area contributed by atoms with Crippen LogP contribution in [-0.4, -0.2) is 27.1 Å². The highest BCUT2D eigenvalue weighted by Crippen LogP contribution is 2.25. The monoisotopic (exact) mass is 343 g/mol. The number of hydrogen-bond donors (Lipinski definition) is 2. The number of benzene rings is 1. The van der Waals surface area contributed by atoms with Crippen molar-refractivity contribution in [3.05, 3.63) is 46.9 Å². The minimum atomic E-state index is -0.573. The van der Waals surface area contributed by atoms with E-state index >= 15 is 0 Å². The van der Waals surface area contributed by atoms with E-state index in [0.717, 1.165) is 16.9 Å². The third-order valence-electron chi connectivity index (χ3n) is 3.07. The van der Waals surface area contributed by atoms with Gasteiger partial charge in [0, 0.05) is 22.8 Å². The van der Waals surface area contributed by atoms with Crippen molar-refractivity contribution in [1.29, 1.82) is 0 Å². The number of nitrogens with zero attached hydrogens (tertiary/aromatic N) is 3. The summed E-state index contributed by atoms with van der Waals surface area (Å²) in [5.41, 5.74) is 10.1. The summed E-state index contributed by atoms with van der Waals surface area (Å²) in [4.78, 5) is 24.3. The van der Waals surface area contributed by atoms with Crippen molar-refractivity contribution in [1.82, 2.24) is 15.0 Å². The molecule has 2 aromatic heterocycles. The molecule has 1 amide bonds. The molecule has 3 aromatic rings. The van der Waals surface area contributed by atoms with Crippen molar-refractivity contribution in [2.45, 2.75) is 5.16 Å². The van der Waals surface area contributed by atoms with Crippen molar-refractivity contribution in [2.24, 2.45) is 5.73 Å². The number of rotatable bonds is 5. The zero-order valence-electron chi connectivity index (χ0n) is 12.2. The van der Waals surface area contributed by atoms with Gasteiger partial charge in [0.15, 0.2) is 5.16 Å². The van der Waals surface area contributed by atoms with Crippen LogP contribution < -0.4 is 11.1 Å². The summed E-state index contributed by atoms with van der Waals surface area (Å²) in [5.74, 6) is -0.178. The molecule has 1 aromatic carbocycles. The Morgan fingerprint density at radius 1 is 1.35 bits per heavy atom. The number of thioether (sulfide) groups is 1. The van der Waals surface area contributed by atoms with Gasteiger partial charge in [-0.2, -0.15) is 0 Å². The van der Waals surface area contributed by atoms with Crippen LogP contribution in [0, 0.1) is 0 Å². The second-order valence-electron chi connectivity index (χ2n) is 4.56. The van der Waals surface area contributed by atoms with Gasteiger partial charge in [0.25, 0.3) is 5.91 Å². The van der Waals surface area contributed by atoms with Crippen LogP contribution in [-0.2, 0) is 0 Å². The molecule has 0 atom stereocenters. The number of nitrogens with one attached hydrogen (secondary N) is 1. The smallest absolute Gasteiger partial charge is 0.254 e. The first-order valence-corrected chi connectivity index (χ1v) is 8.80. The lowest BCUT2D eigenvalue weighted by atomic mass is 10.1. The summed E-state index contributed by atoms with van der Waals surface area (Å²) in [6, 6.07) is 7.72. The van der Waals surface area contributed by atoms with Crippen molar-refractivity contribution in [3.63, 3.8) is 0 Å². The minimum absolute atomic E-state index is 0.252. The van der Waals surface area contributed by atoms with E-state index in [1.165, 1.54) is 29.3 Å². The summed E-state index contributed by atoms with van der Waals surface area (Å²) in [6.45, 7) is 0. The Bertz CT molecular complexity index is 836. The van der Waals surface area contributed by atoms with Gasteiger partial charge in [-0.25, -0.2) is 15.0 Å². The maximum Gasteiger partial charge on any atom is 0.254 e. The summed E-state index contributed by atoms with van der Waals surface area (Å²) in [7, 11) is 0. The third-order valence-corrected chi connectivity index (χ3v) is 4.22. The molecule has 0 aliphatic heterocycles. The quantitative estimate of drug-likeness (QED) is 0.546. The number of hydrogen-bond acceptors (Lipinski definition) is 7. The predicted octanol–water partition coefficient (Wildman–Crippen LogP) is 3.16. The molecule has 0 radical (unpaired) electrons. The summed E-state index contributed by atoms with van der Waals surface area (Å²) >= 11 is 2.93. The molecule has 0 fully saturated rings. The van der Waals surface area contributed by atoms with Crippen LogP contribution in [0.15, 0.2) is 46.5 Å². The number of anilines is 2. The van der Waals surface area contributed by atoms with E-state index in [2.05, 4.69) is 20.3 Å². The van der Waals surface area contributed by atoms with Gasteiger partial charge in [-0.05, 0) is 18.4 Å². The second kappa shape index (κ2) is 6.76. The molecule has 0 bridgehead atoms. The van der Waals surface area contributed by atoms with Crippen LogP contribution in [0.1, 0.15) is 10.4 Å². The molecule has 0 saturated carbocycles. The Balaban J connectivity index is 1.96. The van der Waals surface area contributed by atoms with Gasteiger partial charge < -0.3 is 11.1 Å². The van der Waals surface area contributed by atoms with Crippen molar-refractivity contribution in [2.75, 3.05) is 11.6 Å². The van der Waals surface area contributed by atoms with E-state index in [-0.39, 0.29) is 5.56 Å². The fourth-order valence-electron chi connectivity index (χ4n) is 1.99. The molecule has 116 valence electrons. The average Bonchev–Trinajstić information content (AvgIpc) is 3.09. The Morgan fingerprint density at radius 2 is 2.22 bits per heavy atom. The zero-order valence-corrected chi connectivity index (χ0v) is 13.8. The Kier molecular flexibility index (Phi) is 4.54. The van der Waals surface area contributed by atoms with Gasteiger partial charge in [-0.3, -0.25) is 4.79 Å². The van der Waals surface area contributed by atoms with Gasteiger partial charge >= 0.3 is 0 Å². The topological polar surface area (TPSA) is 93.8 Å². The Labute approximate surface area is 141 Å². The van der Waals surface area contributed by atoms with E-state index in [1.807, 2.05) is 35.9 Å². The van der Waals surface area contributed by atoms with Crippen molar-refractivity contribution >= 4 is 40.5 Å². The second-order valence-corrected chi connectivity index (χ2v) is 6.05. The van der Waals surface area contributed by atoms with E-state index < -0.39 is 5.91 Å². The molecule has 0 saturated heterocycles. The molecule has 2 heterocycles. The zero-order chi connectivity index (χ0) is 16.2. The van der Waals surface area contributed by atoms with Crippen LogP contribution in [0.25, 0.3) is 11.3 Å². The molecule has 3 N–H and O–H groups in total. The number of thiazole rings is 1. The molecule has 23 heavy (non-hydrogen) atoms. The number of nitrogens with two attached hydrogens (primary N) is 1. The first kappa shape index (κ1) is 15.4. The molecular weight excluding hydrogens is 330 g/mol. The maximum atomic E-state index is 11.6. The summed E-state index contributed by atoms with van der Waals surface area (Å²) in [5, 5.41) is 5.68. The van der Waals surface area contributed by atoms with Crippen LogP contribution in [0.4, 0.5) is 11.5 Å². The number of amides is 1. The number of primary amides is 1. The van der Waals surface area contributed by atoms with Gasteiger partial charge in [-0.1, -0.05) is 23.9 Å². The predicted molar refractivity (Wildman–Crippen MR) is 93.2 cm³/mol. The van der Waals surface area contributed by atoms with E-state index in [9.17, 15) is 4.79 Å². The van der Waals surface area contributed by atoms with Crippen LogP contribution in [0.2, 0.25) is 0 Å². The fourth-order valence-corrected chi connectivity index (χ4v) is 2.89. The normalized spacial score (nSPS) is 10.5. The average molecular weight is 343 g/mol. The minimum Gasteiger partial charge on any atom is -0.365 e. The lowest BCUT2D eigenvalue weighted by Crippen LogP contribution is -2.15. The summed E-state index contributed by atoms with van der Waals surface area (Å²) < 4.78 is 0. The first-order valence-electron chi connectivity index (χ1n) is 6.64. The standard InChI is InChI=1S/C15H13N5OS2/c1-22-15-17-6-11(13(16)21)14(20-15)19-10-4-2-3-9(5-10)12-7-23-8-18-12/h2-8H,1H3,(H2,16,21)(H,17,19,20). The first-order chi connectivity index (χ1) is 11.2. The molecule has 0 aliphatic carbocycles. The summed E-state index contributed by atoms with van der Waals surface area (Å²) in [6.07, 6.45) is 3.31. The van der Waals surface area contributed by atoms with Gasteiger partial charge in [0.2, 0.25) is 0 Å². The Hall–Kier alpha value is -2.45. The van der Waals surface area contributed by atoms with Crippen LogP contribution >= 0.6 is 23.1 Å². The van der Waals surface area contributed by atoms with E-state index in [0.29, 0.717) is 11.0 Å². The molecular formula is C15H13N5OS2. The molecule has 0 spiro atoms. The van der Waals surface area contributed by atoms with Crippen LogP contribution in [0.5, 0.6) is 0 Å². The largest absolute Gasteiger partial charge is 0.365 e. The van der Waals surface area contributed by atoms with Gasteiger partial charge in [-0.15, -0.1) is 11.3 Å². The SMILES string of the molecule is CSc1ncc(C(N)=O)c(Nc2cccc(-c3cscn3)c2)n1. The number of carbonyl (C=O) groups excluding carboxylic acids is 1.